The maximum absolute atomic E-state index is 11.9. The zero-order chi connectivity index (χ0) is 15.7. The summed E-state index contributed by atoms with van der Waals surface area (Å²) in [6, 6.07) is 6.81. The third-order valence-corrected chi connectivity index (χ3v) is 3.90. The third kappa shape index (κ3) is 6.67. The number of aliphatic carboxylic acids is 1. The fourth-order valence-electron chi connectivity index (χ4n) is 1.56. The van der Waals surface area contributed by atoms with E-state index in [0.717, 1.165) is 0 Å². The Bertz CT molecular complexity index is 531. The van der Waals surface area contributed by atoms with E-state index in [2.05, 4.69) is 4.72 Å². The molecule has 0 saturated carbocycles. The molecule has 21 heavy (non-hydrogen) atoms. The second kappa shape index (κ2) is 8.73. The van der Waals surface area contributed by atoms with Gasteiger partial charge in [0.2, 0.25) is 10.0 Å². The number of ether oxygens (including phenoxy) is 2. The van der Waals surface area contributed by atoms with Crippen molar-refractivity contribution in [2.24, 2.45) is 0 Å². The highest BCUT2D eigenvalue weighted by Gasteiger charge is 2.25. The molecule has 1 atom stereocenters. The highest BCUT2D eigenvalue weighted by atomic mass is 32.2. The van der Waals surface area contributed by atoms with Gasteiger partial charge >= 0.3 is 5.97 Å². The van der Waals surface area contributed by atoms with Crippen molar-refractivity contribution in [3.05, 3.63) is 35.9 Å². The van der Waals surface area contributed by atoms with Crippen LogP contribution in [-0.2, 0) is 24.3 Å². The zero-order valence-corrected chi connectivity index (χ0v) is 12.5. The number of methoxy groups -OCH3 is 1. The van der Waals surface area contributed by atoms with E-state index < -0.39 is 22.0 Å². The lowest BCUT2D eigenvalue weighted by molar-refractivity contribution is -0.139. The molecule has 0 bridgehead atoms. The van der Waals surface area contributed by atoms with E-state index in [0.29, 0.717) is 12.2 Å². The van der Waals surface area contributed by atoms with Crippen LogP contribution in [0.2, 0.25) is 0 Å². The third-order valence-electron chi connectivity index (χ3n) is 2.61. The molecule has 0 unspecified atom stereocenters. The highest BCUT2D eigenvalue weighted by Crippen LogP contribution is 2.14. The van der Waals surface area contributed by atoms with E-state index in [1.165, 1.54) is 7.11 Å². The van der Waals surface area contributed by atoms with Crippen LogP contribution in [0.5, 0.6) is 0 Å². The monoisotopic (exact) mass is 317 g/mol. The van der Waals surface area contributed by atoms with Crippen LogP contribution in [0.15, 0.2) is 30.3 Å². The number of hydrogen-bond acceptors (Lipinski definition) is 5. The summed E-state index contributed by atoms with van der Waals surface area (Å²) in [4.78, 5) is 11.2. The Hall–Kier alpha value is -1.48. The molecule has 0 radical (unpaired) electrons. The molecule has 0 aromatic heterocycles. The van der Waals surface area contributed by atoms with Crippen LogP contribution in [-0.4, -0.2) is 52.2 Å². The average Bonchev–Trinajstić information content (AvgIpc) is 2.45. The van der Waals surface area contributed by atoms with Gasteiger partial charge in [-0.15, -0.1) is 0 Å². The van der Waals surface area contributed by atoms with Crippen LogP contribution in [0.3, 0.4) is 0 Å². The van der Waals surface area contributed by atoms with Gasteiger partial charge in [-0.2, -0.15) is 4.72 Å². The summed E-state index contributed by atoms with van der Waals surface area (Å²) >= 11 is 0. The first-order chi connectivity index (χ1) is 9.96. The van der Waals surface area contributed by atoms with Gasteiger partial charge in [-0.1, -0.05) is 30.3 Å². The Kier molecular flexibility index (Phi) is 7.30. The van der Waals surface area contributed by atoms with E-state index in [4.69, 9.17) is 14.6 Å². The summed E-state index contributed by atoms with van der Waals surface area (Å²) in [6.07, 6.45) is 0. The van der Waals surface area contributed by atoms with Gasteiger partial charge in [-0.25, -0.2) is 8.42 Å². The quantitative estimate of drug-likeness (QED) is 0.606. The molecule has 1 rings (SSSR count). The van der Waals surface area contributed by atoms with E-state index in [1.54, 1.807) is 30.3 Å². The minimum absolute atomic E-state index is 0.0280. The Morgan fingerprint density at radius 3 is 2.48 bits per heavy atom. The number of carbonyl (C=O) groups is 1. The largest absolute Gasteiger partial charge is 0.480 e. The molecule has 2 N–H and O–H groups in total. The average molecular weight is 317 g/mol. The number of carboxylic acid groups (broad SMARTS) is 1. The van der Waals surface area contributed by atoms with Gasteiger partial charge in [0.1, 0.15) is 6.04 Å². The molecule has 0 spiro atoms. The van der Waals surface area contributed by atoms with Gasteiger partial charge < -0.3 is 14.6 Å². The highest BCUT2D eigenvalue weighted by molar-refractivity contribution is 7.89. The van der Waals surface area contributed by atoms with Gasteiger partial charge in [0.15, 0.2) is 0 Å². The summed E-state index contributed by atoms with van der Waals surface area (Å²) in [5, 5.41) is 9.16. The second-order valence-electron chi connectivity index (χ2n) is 4.22. The van der Waals surface area contributed by atoms with Crippen LogP contribution >= 0.6 is 0 Å². The summed E-state index contributed by atoms with van der Waals surface area (Å²) < 4.78 is 35.7. The lowest BCUT2D eigenvalue weighted by Crippen LogP contribution is -2.36. The first-order valence-electron chi connectivity index (χ1n) is 6.30. The molecular weight excluding hydrogens is 298 g/mol. The van der Waals surface area contributed by atoms with Crippen molar-refractivity contribution in [2.75, 3.05) is 32.7 Å². The first kappa shape index (κ1) is 17.6. The van der Waals surface area contributed by atoms with E-state index in [9.17, 15) is 13.2 Å². The topological polar surface area (TPSA) is 102 Å². The molecule has 0 fully saturated rings. The second-order valence-corrected chi connectivity index (χ2v) is 6.10. The van der Waals surface area contributed by atoms with Crippen molar-refractivity contribution in [1.29, 1.82) is 0 Å². The fourth-order valence-corrected chi connectivity index (χ4v) is 2.61. The first-order valence-corrected chi connectivity index (χ1v) is 7.96. The smallest absolute Gasteiger partial charge is 0.326 e. The standard InChI is InChI=1S/C13H19NO6S/c1-19-7-8-20-9-10-21(17,18)14-12(13(15)16)11-5-3-2-4-6-11/h2-6,12,14H,7-10H2,1H3,(H,15,16)/t12-/m1/s1. The molecule has 118 valence electrons. The lowest BCUT2D eigenvalue weighted by Gasteiger charge is -2.15. The summed E-state index contributed by atoms with van der Waals surface area (Å²) in [6.45, 7) is 0.627. The van der Waals surface area contributed by atoms with Crippen LogP contribution in [0.4, 0.5) is 0 Å². The molecule has 7 nitrogen and oxygen atoms in total. The van der Waals surface area contributed by atoms with Crippen molar-refractivity contribution >= 4 is 16.0 Å². The Morgan fingerprint density at radius 2 is 1.90 bits per heavy atom. The van der Waals surface area contributed by atoms with Crippen molar-refractivity contribution in [3.8, 4) is 0 Å². The van der Waals surface area contributed by atoms with Crippen molar-refractivity contribution < 1.29 is 27.8 Å². The number of sulfonamides is 1. The Balaban J connectivity index is 2.60. The van der Waals surface area contributed by atoms with Crippen molar-refractivity contribution in [3.63, 3.8) is 0 Å². The van der Waals surface area contributed by atoms with Gasteiger partial charge in [0.05, 0.1) is 25.6 Å². The number of rotatable bonds is 10. The maximum atomic E-state index is 11.9. The number of benzene rings is 1. The predicted octanol–water partition coefficient (Wildman–Crippen LogP) is 0.395. The Morgan fingerprint density at radius 1 is 1.24 bits per heavy atom. The van der Waals surface area contributed by atoms with Gasteiger partial charge in [0, 0.05) is 7.11 Å². The fraction of sp³-hybridized carbons (Fsp3) is 0.462. The van der Waals surface area contributed by atoms with Gasteiger partial charge in [-0.3, -0.25) is 4.79 Å². The molecular formula is C13H19NO6S. The van der Waals surface area contributed by atoms with E-state index in [1.807, 2.05) is 0 Å². The van der Waals surface area contributed by atoms with Crippen LogP contribution < -0.4 is 4.72 Å². The van der Waals surface area contributed by atoms with Gasteiger partial charge in [0.25, 0.3) is 0 Å². The molecule has 0 aliphatic carbocycles. The summed E-state index contributed by atoms with van der Waals surface area (Å²) in [5.74, 6) is -1.57. The number of nitrogens with one attached hydrogen (secondary N) is 1. The number of hydrogen-bond donors (Lipinski definition) is 2. The minimum atomic E-state index is -3.76. The molecule has 0 amide bonds. The van der Waals surface area contributed by atoms with Gasteiger partial charge in [-0.05, 0) is 5.56 Å². The summed E-state index contributed by atoms with van der Waals surface area (Å²) in [5.41, 5.74) is 0.369. The van der Waals surface area contributed by atoms with E-state index >= 15 is 0 Å². The molecule has 0 aliphatic heterocycles. The molecule has 0 heterocycles. The number of carboxylic acids is 1. The molecule has 0 saturated heterocycles. The molecule has 1 aromatic carbocycles. The summed E-state index contributed by atoms with van der Waals surface area (Å²) in [7, 11) is -2.24. The minimum Gasteiger partial charge on any atom is -0.480 e. The van der Waals surface area contributed by atoms with Crippen molar-refractivity contribution in [2.45, 2.75) is 6.04 Å². The molecule has 8 heteroatoms. The van der Waals surface area contributed by atoms with Crippen LogP contribution in [0, 0.1) is 0 Å². The predicted molar refractivity (Wildman–Crippen MR) is 76.4 cm³/mol. The SMILES string of the molecule is COCCOCCS(=O)(=O)N[C@@H](C(=O)O)c1ccccc1. The molecule has 0 aliphatic rings. The van der Waals surface area contributed by atoms with Crippen LogP contribution in [0.1, 0.15) is 11.6 Å². The van der Waals surface area contributed by atoms with E-state index in [-0.39, 0.29) is 19.0 Å². The zero-order valence-electron chi connectivity index (χ0n) is 11.7. The normalized spacial score (nSPS) is 13.0. The lowest BCUT2D eigenvalue weighted by atomic mass is 10.1. The maximum Gasteiger partial charge on any atom is 0.326 e. The van der Waals surface area contributed by atoms with Crippen molar-refractivity contribution in [1.82, 2.24) is 4.72 Å². The van der Waals surface area contributed by atoms with Crippen LogP contribution in [0.25, 0.3) is 0 Å². The Labute approximate surface area is 123 Å². The molecule has 1 aromatic rings.